The number of imidazole rings is 1. The van der Waals surface area contributed by atoms with E-state index in [0.717, 1.165) is 19.6 Å². The molecule has 1 fully saturated rings. The lowest BCUT2D eigenvalue weighted by Crippen LogP contribution is -2.39. The number of likely N-dealkylation sites (tertiary alicyclic amines) is 1. The molecule has 82 valence electrons. The van der Waals surface area contributed by atoms with Gasteiger partial charge in [-0.3, -0.25) is 0 Å². The number of hydrogen-bond acceptors (Lipinski definition) is 3. The van der Waals surface area contributed by atoms with Crippen LogP contribution in [0.5, 0.6) is 0 Å². The lowest BCUT2D eigenvalue weighted by atomic mass is 10.1. The molecule has 1 unspecified atom stereocenters. The van der Waals surface area contributed by atoms with Crippen LogP contribution in [0.3, 0.4) is 0 Å². The molecule has 0 aliphatic carbocycles. The Morgan fingerprint density at radius 3 is 3.07 bits per heavy atom. The molecule has 1 atom stereocenters. The summed E-state index contributed by atoms with van der Waals surface area (Å²) in [6.45, 7) is 5.82. The van der Waals surface area contributed by atoms with E-state index in [0.29, 0.717) is 6.04 Å². The third-order valence-electron chi connectivity index (χ3n) is 3.48. The molecule has 0 spiro atoms. The van der Waals surface area contributed by atoms with Crippen LogP contribution in [0.15, 0.2) is 12.5 Å². The number of nitrogens with zero attached hydrogens (tertiary/aromatic N) is 3. The summed E-state index contributed by atoms with van der Waals surface area (Å²) in [6.07, 6.45) is 6.69. The molecular formula is C11H18N4. The lowest BCUT2D eigenvalue weighted by molar-refractivity contribution is 0.272. The van der Waals surface area contributed by atoms with E-state index < -0.39 is 0 Å². The third kappa shape index (κ3) is 1.79. The normalized spacial score (nSPS) is 26.8. The molecule has 0 amide bonds. The Morgan fingerprint density at radius 2 is 2.20 bits per heavy atom. The fourth-order valence-electron chi connectivity index (χ4n) is 2.65. The summed E-state index contributed by atoms with van der Waals surface area (Å²) < 4.78 is 2.28. The molecule has 0 aromatic carbocycles. The number of nitrogens with one attached hydrogen (secondary N) is 1. The topological polar surface area (TPSA) is 33.1 Å². The van der Waals surface area contributed by atoms with Crippen molar-refractivity contribution in [3.63, 3.8) is 0 Å². The largest absolute Gasteiger partial charge is 0.332 e. The Morgan fingerprint density at radius 1 is 1.33 bits per heavy atom. The van der Waals surface area contributed by atoms with Gasteiger partial charge in [0.2, 0.25) is 0 Å². The minimum absolute atomic E-state index is 0.486. The first-order chi connectivity index (χ1) is 7.43. The summed E-state index contributed by atoms with van der Waals surface area (Å²) in [4.78, 5) is 6.79. The van der Waals surface area contributed by atoms with Gasteiger partial charge in [-0.15, -0.1) is 0 Å². The zero-order valence-corrected chi connectivity index (χ0v) is 9.02. The first-order valence-corrected chi connectivity index (χ1v) is 5.89. The van der Waals surface area contributed by atoms with Crippen molar-refractivity contribution in [2.75, 3.05) is 26.2 Å². The van der Waals surface area contributed by atoms with E-state index in [1.54, 1.807) is 0 Å². The van der Waals surface area contributed by atoms with E-state index in [2.05, 4.69) is 19.8 Å². The monoisotopic (exact) mass is 206 g/mol. The van der Waals surface area contributed by atoms with Crippen molar-refractivity contribution < 1.29 is 0 Å². The minimum atomic E-state index is 0.486. The molecule has 3 heterocycles. The van der Waals surface area contributed by atoms with Gasteiger partial charge in [0.1, 0.15) is 0 Å². The molecule has 3 rings (SSSR count). The van der Waals surface area contributed by atoms with Gasteiger partial charge in [-0.1, -0.05) is 0 Å². The average molecular weight is 206 g/mol. The highest BCUT2D eigenvalue weighted by atomic mass is 15.2. The zero-order valence-electron chi connectivity index (χ0n) is 9.02. The van der Waals surface area contributed by atoms with Gasteiger partial charge in [-0.25, -0.2) is 4.98 Å². The molecule has 4 heteroatoms. The second kappa shape index (κ2) is 3.94. The molecule has 1 aromatic rings. The van der Waals surface area contributed by atoms with Crippen molar-refractivity contribution in [2.45, 2.75) is 25.4 Å². The van der Waals surface area contributed by atoms with Crippen LogP contribution in [0.25, 0.3) is 0 Å². The second-order valence-corrected chi connectivity index (χ2v) is 4.53. The Balaban J connectivity index is 1.72. The van der Waals surface area contributed by atoms with Crippen LogP contribution in [0.4, 0.5) is 0 Å². The first kappa shape index (κ1) is 9.36. The molecule has 2 aliphatic rings. The molecule has 1 N–H and O–H groups in total. The van der Waals surface area contributed by atoms with Gasteiger partial charge in [-0.2, -0.15) is 0 Å². The summed E-state index contributed by atoms with van der Waals surface area (Å²) in [6, 6.07) is 0.486. The maximum absolute atomic E-state index is 4.23. The third-order valence-corrected chi connectivity index (χ3v) is 3.48. The van der Waals surface area contributed by atoms with Gasteiger partial charge >= 0.3 is 0 Å². The van der Waals surface area contributed by atoms with Crippen molar-refractivity contribution in [1.29, 1.82) is 0 Å². The van der Waals surface area contributed by atoms with Gasteiger partial charge in [0.05, 0.1) is 18.1 Å². The fraction of sp³-hybridized carbons (Fsp3) is 0.727. The first-order valence-electron chi connectivity index (χ1n) is 5.89. The summed E-state index contributed by atoms with van der Waals surface area (Å²) in [5, 5.41) is 3.59. The number of rotatable bonds is 2. The standard InChI is InChI=1S/C11H18N4/c1-2-5-14(4-1)8-10-11-7-12-9-15(11)6-3-13-10/h7,9-10,13H,1-6,8H2. The molecule has 1 aromatic heterocycles. The second-order valence-electron chi connectivity index (χ2n) is 4.53. The molecule has 15 heavy (non-hydrogen) atoms. The smallest absolute Gasteiger partial charge is 0.0949 e. The van der Waals surface area contributed by atoms with E-state index in [1.165, 1.54) is 31.6 Å². The lowest BCUT2D eigenvalue weighted by Gasteiger charge is -2.29. The van der Waals surface area contributed by atoms with Gasteiger partial charge in [-0.05, 0) is 25.9 Å². The SMILES string of the molecule is c1ncn2c1C(CN1CCCC1)NCC2. The van der Waals surface area contributed by atoms with Crippen LogP contribution in [0.1, 0.15) is 24.6 Å². The molecule has 1 saturated heterocycles. The van der Waals surface area contributed by atoms with E-state index >= 15 is 0 Å². The van der Waals surface area contributed by atoms with E-state index in [9.17, 15) is 0 Å². The maximum Gasteiger partial charge on any atom is 0.0949 e. The highest BCUT2D eigenvalue weighted by Crippen LogP contribution is 2.19. The van der Waals surface area contributed by atoms with E-state index in [4.69, 9.17) is 0 Å². The summed E-state index contributed by atoms with van der Waals surface area (Å²) in [5.74, 6) is 0. The maximum atomic E-state index is 4.23. The quantitative estimate of drug-likeness (QED) is 0.770. The summed E-state index contributed by atoms with van der Waals surface area (Å²) in [5.41, 5.74) is 1.35. The van der Waals surface area contributed by atoms with Crippen molar-refractivity contribution in [2.24, 2.45) is 0 Å². The van der Waals surface area contributed by atoms with Crippen LogP contribution in [0, 0.1) is 0 Å². The number of aromatic nitrogens is 2. The van der Waals surface area contributed by atoms with Gasteiger partial charge in [0.25, 0.3) is 0 Å². The highest BCUT2D eigenvalue weighted by molar-refractivity contribution is 5.08. The Bertz CT molecular complexity index is 327. The molecule has 0 bridgehead atoms. The van der Waals surface area contributed by atoms with Crippen molar-refractivity contribution in [3.8, 4) is 0 Å². The summed E-state index contributed by atoms with van der Waals surface area (Å²) >= 11 is 0. The molecule has 0 saturated carbocycles. The van der Waals surface area contributed by atoms with E-state index in [1.807, 2.05) is 12.5 Å². The number of hydrogen-bond donors (Lipinski definition) is 1. The molecule has 0 radical (unpaired) electrons. The van der Waals surface area contributed by atoms with Crippen molar-refractivity contribution in [1.82, 2.24) is 19.8 Å². The average Bonchev–Trinajstić information content (AvgIpc) is 2.87. The van der Waals surface area contributed by atoms with Gasteiger partial charge in [0, 0.05) is 25.8 Å². The fourth-order valence-corrected chi connectivity index (χ4v) is 2.65. The molecular weight excluding hydrogens is 188 g/mol. The van der Waals surface area contributed by atoms with Crippen LogP contribution < -0.4 is 5.32 Å². The summed E-state index contributed by atoms with van der Waals surface area (Å²) in [7, 11) is 0. The molecule has 4 nitrogen and oxygen atoms in total. The number of fused-ring (bicyclic) bond motifs is 1. The Kier molecular flexibility index (Phi) is 2.46. The predicted molar refractivity (Wildman–Crippen MR) is 58.6 cm³/mol. The zero-order chi connectivity index (χ0) is 10.1. The van der Waals surface area contributed by atoms with Crippen LogP contribution in [-0.4, -0.2) is 40.6 Å². The van der Waals surface area contributed by atoms with E-state index in [-0.39, 0.29) is 0 Å². The van der Waals surface area contributed by atoms with Gasteiger partial charge in [0.15, 0.2) is 0 Å². The molecule has 2 aliphatic heterocycles. The van der Waals surface area contributed by atoms with Crippen LogP contribution >= 0.6 is 0 Å². The Labute approximate surface area is 90.3 Å². The van der Waals surface area contributed by atoms with Crippen LogP contribution in [0.2, 0.25) is 0 Å². The Hall–Kier alpha value is -0.870. The van der Waals surface area contributed by atoms with Gasteiger partial charge < -0.3 is 14.8 Å². The van der Waals surface area contributed by atoms with Crippen molar-refractivity contribution in [3.05, 3.63) is 18.2 Å². The predicted octanol–water partition coefficient (Wildman–Crippen LogP) is 0.623. The van der Waals surface area contributed by atoms with Crippen molar-refractivity contribution >= 4 is 0 Å². The highest BCUT2D eigenvalue weighted by Gasteiger charge is 2.23. The van der Waals surface area contributed by atoms with Crippen LogP contribution in [-0.2, 0) is 6.54 Å². The minimum Gasteiger partial charge on any atom is -0.332 e.